The van der Waals surface area contributed by atoms with Gasteiger partial charge in [-0.1, -0.05) is 0 Å². The molecule has 7 nitrogen and oxygen atoms in total. The van der Waals surface area contributed by atoms with Crippen molar-refractivity contribution in [1.82, 2.24) is 4.90 Å². The first-order valence-electron chi connectivity index (χ1n) is 10.6. The average Bonchev–Trinajstić information content (AvgIpc) is 3.13. The molecule has 0 aromatic heterocycles. The lowest BCUT2D eigenvalue weighted by Crippen LogP contribution is -2.38. The van der Waals surface area contributed by atoms with Crippen LogP contribution in [0.5, 0.6) is 5.75 Å². The summed E-state index contributed by atoms with van der Waals surface area (Å²) in [6.45, 7) is 12.0. The number of carbonyl (C=O) groups excluding carboxylic acids is 2. The highest BCUT2D eigenvalue weighted by Gasteiger charge is 2.39. The number of rotatable bonds is 5. The molecule has 1 aromatic carbocycles. The largest absolute Gasteiger partial charge is 0.497 e. The zero-order chi connectivity index (χ0) is 23.4. The Bertz CT molecular complexity index is 845. The van der Waals surface area contributed by atoms with Gasteiger partial charge in [-0.3, -0.25) is 4.79 Å². The van der Waals surface area contributed by atoms with Crippen molar-refractivity contribution >= 4 is 12.1 Å². The van der Waals surface area contributed by atoms with Crippen LogP contribution in [-0.2, 0) is 20.7 Å². The van der Waals surface area contributed by atoms with E-state index in [0.29, 0.717) is 37.2 Å². The third-order valence-corrected chi connectivity index (χ3v) is 4.94. The molecular formula is C24H34N2O5. The Morgan fingerprint density at radius 1 is 1.13 bits per heavy atom. The van der Waals surface area contributed by atoms with E-state index in [1.165, 1.54) is 0 Å². The molecule has 0 saturated carbocycles. The summed E-state index contributed by atoms with van der Waals surface area (Å²) < 4.78 is 16.5. The van der Waals surface area contributed by atoms with Gasteiger partial charge < -0.3 is 19.1 Å². The molecular weight excluding hydrogens is 396 g/mol. The quantitative estimate of drug-likeness (QED) is 0.646. The van der Waals surface area contributed by atoms with E-state index < -0.39 is 17.1 Å². The van der Waals surface area contributed by atoms with Crippen LogP contribution in [0.1, 0.15) is 59.1 Å². The van der Waals surface area contributed by atoms with Gasteiger partial charge in [-0.05, 0) is 84.1 Å². The van der Waals surface area contributed by atoms with E-state index in [4.69, 9.17) is 14.2 Å². The van der Waals surface area contributed by atoms with Crippen LogP contribution < -0.4 is 4.74 Å². The molecule has 1 saturated heterocycles. The van der Waals surface area contributed by atoms with E-state index in [-0.39, 0.29) is 18.0 Å². The fraction of sp³-hybridized carbons (Fsp3) is 0.625. The van der Waals surface area contributed by atoms with Gasteiger partial charge in [-0.25, -0.2) is 4.79 Å². The Morgan fingerprint density at radius 2 is 1.77 bits per heavy atom. The first kappa shape index (κ1) is 24.5. The summed E-state index contributed by atoms with van der Waals surface area (Å²) in [5.41, 5.74) is 0.0977. The molecule has 1 aromatic rings. The molecule has 0 N–H and O–H groups in total. The molecule has 31 heavy (non-hydrogen) atoms. The van der Waals surface area contributed by atoms with Gasteiger partial charge in [0.1, 0.15) is 17.0 Å². The Morgan fingerprint density at radius 3 is 2.32 bits per heavy atom. The van der Waals surface area contributed by atoms with Gasteiger partial charge in [0.2, 0.25) is 0 Å². The number of esters is 1. The SMILES string of the molecule is COc1cc(C#N)cc(C[C@H](C(=O)OC(C)(C)C)[C@H]2CCN(C(=O)OC(C)(C)C)C2)c1. The van der Waals surface area contributed by atoms with Crippen LogP contribution in [0.25, 0.3) is 0 Å². The predicted molar refractivity (Wildman–Crippen MR) is 117 cm³/mol. The molecule has 1 fully saturated rings. The third kappa shape index (κ3) is 7.46. The molecule has 0 aliphatic carbocycles. The summed E-state index contributed by atoms with van der Waals surface area (Å²) in [4.78, 5) is 27.3. The fourth-order valence-electron chi connectivity index (χ4n) is 3.64. The highest BCUT2D eigenvalue weighted by molar-refractivity contribution is 5.74. The molecule has 0 unspecified atom stereocenters. The number of benzene rings is 1. The van der Waals surface area contributed by atoms with Crippen LogP contribution in [0.15, 0.2) is 18.2 Å². The maximum Gasteiger partial charge on any atom is 0.410 e. The van der Waals surface area contributed by atoms with E-state index >= 15 is 0 Å². The fourth-order valence-corrected chi connectivity index (χ4v) is 3.64. The number of ether oxygens (including phenoxy) is 3. The van der Waals surface area contributed by atoms with Crippen LogP contribution >= 0.6 is 0 Å². The lowest BCUT2D eigenvalue weighted by Gasteiger charge is -2.28. The summed E-state index contributed by atoms with van der Waals surface area (Å²) in [7, 11) is 1.54. The molecule has 1 aliphatic rings. The summed E-state index contributed by atoms with van der Waals surface area (Å²) >= 11 is 0. The zero-order valence-electron chi connectivity index (χ0n) is 19.7. The van der Waals surface area contributed by atoms with E-state index in [1.54, 1.807) is 24.1 Å². The number of hydrogen-bond acceptors (Lipinski definition) is 6. The van der Waals surface area contributed by atoms with Gasteiger partial charge in [0.25, 0.3) is 0 Å². The lowest BCUT2D eigenvalue weighted by atomic mass is 9.85. The molecule has 1 amide bonds. The van der Waals surface area contributed by atoms with Crippen molar-refractivity contribution in [2.24, 2.45) is 11.8 Å². The monoisotopic (exact) mass is 430 g/mol. The maximum atomic E-state index is 13.1. The maximum absolute atomic E-state index is 13.1. The number of methoxy groups -OCH3 is 1. The minimum atomic E-state index is -0.620. The van der Waals surface area contributed by atoms with Crippen LogP contribution in [0.4, 0.5) is 4.79 Å². The van der Waals surface area contributed by atoms with E-state index in [9.17, 15) is 14.9 Å². The highest BCUT2D eigenvalue weighted by atomic mass is 16.6. The Kier molecular flexibility index (Phi) is 7.58. The minimum Gasteiger partial charge on any atom is -0.497 e. The first-order chi connectivity index (χ1) is 14.3. The molecule has 7 heteroatoms. The third-order valence-electron chi connectivity index (χ3n) is 4.94. The van der Waals surface area contributed by atoms with Gasteiger partial charge in [-0.15, -0.1) is 0 Å². The second kappa shape index (κ2) is 9.59. The van der Waals surface area contributed by atoms with Gasteiger partial charge in [0.15, 0.2) is 0 Å². The van der Waals surface area contributed by atoms with Crippen molar-refractivity contribution in [2.75, 3.05) is 20.2 Å². The van der Waals surface area contributed by atoms with Gasteiger partial charge in [0.05, 0.1) is 24.7 Å². The van der Waals surface area contributed by atoms with Crippen molar-refractivity contribution < 1.29 is 23.8 Å². The normalized spacial score (nSPS) is 17.6. The smallest absolute Gasteiger partial charge is 0.410 e. The number of nitriles is 1. The van der Waals surface area contributed by atoms with Gasteiger partial charge in [-0.2, -0.15) is 5.26 Å². The molecule has 1 aliphatic heterocycles. The predicted octanol–water partition coefficient (Wildman–Crippen LogP) is 4.32. The molecule has 1 heterocycles. The number of nitrogens with zero attached hydrogens (tertiary/aromatic N) is 2. The van der Waals surface area contributed by atoms with E-state index in [2.05, 4.69) is 6.07 Å². The second-order valence-electron chi connectivity index (χ2n) is 10.0. The second-order valence-corrected chi connectivity index (χ2v) is 10.0. The Labute approximate surface area is 185 Å². The summed E-state index contributed by atoms with van der Waals surface area (Å²) in [5.74, 6) is -0.256. The van der Waals surface area contributed by atoms with Gasteiger partial charge >= 0.3 is 12.1 Å². The van der Waals surface area contributed by atoms with Crippen LogP contribution in [0, 0.1) is 23.2 Å². The molecule has 2 atom stereocenters. The van der Waals surface area contributed by atoms with Crippen molar-refractivity contribution in [1.29, 1.82) is 5.26 Å². The average molecular weight is 431 g/mol. The summed E-state index contributed by atoms with van der Waals surface area (Å²) in [5, 5.41) is 9.32. The van der Waals surface area contributed by atoms with E-state index in [0.717, 1.165) is 5.56 Å². The zero-order valence-corrected chi connectivity index (χ0v) is 19.7. The molecule has 0 spiro atoms. The molecule has 2 rings (SSSR count). The van der Waals surface area contributed by atoms with Crippen molar-refractivity contribution in [2.45, 2.75) is 65.6 Å². The standard InChI is InChI=1S/C24H34N2O5/c1-23(2,3)30-21(27)20(13-16-10-17(14-25)12-19(11-16)29-7)18-8-9-26(15-18)22(28)31-24(4,5)6/h10-12,18,20H,8-9,13,15H2,1-7H3/t18-,20-/m0/s1. The van der Waals surface area contributed by atoms with Crippen molar-refractivity contribution in [3.8, 4) is 11.8 Å². The Hall–Kier alpha value is -2.75. The topological polar surface area (TPSA) is 88.9 Å². The summed E-state index contributed by atoms with van der Waals surface area (Å²) in [6, 6.07) is 7.39. The Balaban J connectivity index is 2.25. The lowest BCUT2D eigenvalue weighted by molar-refractivity contribution is -0.161. The number of hydrogen-bond donors (Lipinski definition) is 0. The van der Waals surface area contributed by atoms with Crippen LogP contribution in [0.2, 0.25) is 0 Å². The highest BCUT2D eigenvalue weighted by Crippen LogP contribution is 2.31. The molecule has 170 valence electrons. The van der Waals surface area contributed by atoms with Crippen LogP contribution in [0.3, 0.4) is 0 Å². The van der Waals surface area contributed by atoms with E-state index in [1.807, 2.05) is 47.6 Å². The minimum absolute atomic E-state index is 0.0703. The summed E-state index contributed by atoms with van der Waals surface area (Å²) in [6.07, 6.45) is 0.706. The van der Waals surface area contributed by atoms with Crippen molar-refractivity contribution in [3.05, 3.63) is 29.3 Å². The number of likely N-dealkylation sites (tertiary alicyclic amines) is 1. The number of amides is 1. The number of carbonyl (C=O) groups is 2. The van der Waals surface area contributed by atoms with Crippen LogP contribution in [-0.4, -0.2) is 48.4 Å². The molecule has 0 radical (unpaired) electrons. The van der Waals surface area contributed by atoms with Crippen molar-refractivity contribution in [3.63, 3.8) is 0 Å². The first-order valence-corrected chi connectivity index (χ1v) is 10.6. The molecule has 0 bridgehead atoms. The van der Waals surface area contributed by atoms with Gasteiger partial charge in [0, 0.05) is 13.1 Å².